The molecule has 1 rings (SSSR count). The van der Waals surface area contributed by atoms with Crippen LogP contribution in [-0.4, -0.2) is 0 Å². The van der Waals surface area contributed by atoms with Gasteiger partial charge in [-0.1, -0.05) is 46.8 Å². The van der Waals surface area contributed by atoms with Gasteiger partial charge in [0.25, 0.3) is 0 Å². The standard InChI is InChI=1S/C13H19F/c1-9(2)11-8-10(13(3,4)5)6-7-12(11)14/h6-9H,1-5H3. The number of rotatable bonds is 1. The van der Waals surface area contributed by atoms with E-state index < -0.39 is 0 Å². The Labute approximate surface area is 86.2 Å². The first-order chi connectivity index (χ1) is 6.32. The van der Waals surface area contributed by atoms with Crippen molar-refractivity contribution in [2.24, 2.45) is 0 Å². The summed E-state index contributed by atoms with van der Waals surface area (Å²) in [7, 11) is 0. The van der Waals surface area contributed by atoms with Gasteiger partial charge in [0.2, 0.25) is 0 Å². The molecule has 0 aliphatic carbocycles. The molecule has 0 aliphatic rings. The summed E-state index contributed by atoms with van der Waals surface area (Å²) >= 11 is 0. The lowest BCUT2D eigenvalue weighted by Crippen LogP contribution is -2.12. The van der Waals surface area contributed by atoms with Gasteiger partial charge in [-0.25, -0.2) is 4.39 Å². The SMILES string of the molecule is CC(C)c1cc(C(C)(C)C)ccc1F. The molecule has 0 fully saturated rings. The van der Waals surface area contributed by atoms with Gasteiger partial charge in [0.05, 0.1) is 0 Å². The Morgan fingerprint density at radius 1 is 1.14 bits per heavy atom. The van der Waals surface area contributed by atoms with Crippen LogP contribution in [0.1, 0.15) is 51.7 Å². The van der Waals surface area contributed by atoms with E-state index in [0.717, 1.165) is 5.56 Å². The highest BCUT2D eigenvalue weighted by atomic mass is 19.1. The fourth-order valence-electron chi connectivity index (χ4n) is 1.45. The van der Waals surface area contributed by atoms with Crippen LogP contribution in [-0.2, 0) is 5.41 Å². The topological polar surface area (TPSA) is 0 Å². The van der Waals surface area contributed by atoms with Crippen molar-refractivity contribution in [3.63, 3.8) is 0 Å². The van der Waals surface area contributed by atoms with Crippen LogP contribution in [0.2, 0.25) is 0 Å². The largest absolute Gasteiger partial charge is 0.207 e. The van der Waals surface area contributed by atoms with E-state index in [9.17, 15) is 4.39 Å². The van der Waals surface area contributed by atoms with Crippen molar-refractivity contribution in [1.29, 1.82) is 0 Å². The molecule has 0 radical (unpaired) electrons. The first-order valence-electron chi connectivity index (χ1n) is 5.12. The van der Waals surface area contributed by atoms with Gasteiger partial charge in [0.1, 0.15) is 5.82 Å². The van der Waals surface area contributed by atoms with E-state index in [-0.39, 0.29) is 17.2 Å². The summed E-state index contributed by atoms with van der Waals surface area (Å²) in [6, 6.07) is 5.44. The summed E-state index contributed by atoms with van der Waals surface area (Å²) in [4.78, 5) is 0. The van der Waals surface area contributed by atoms with Gasteiger partial charge < -0.3 is 0 Å². The Morgan fingerprint density at radius 3 is 2.14 bits per heavy atom. The second-order valence-corrected chi connectivity index (χ2v) is 5.14. The molecular weight excluding hydrogens is 175 g/mol. The molecule has 1 aromatic rings. The van der Waals surface area contributed by atoms with Crippen LogP contribution in [0.25, 0.3) is 0 Å². The highest BCUT2D eigenvalue weighted by Gasteiger charge is 2.16. The quantitative estimate of drug-likeness (QED) is 0.627. The minimum absolute atomic E-state index is 0.0898. The molecule has 78 valence electrons. The molecule has 0 nitrogen and oxygen atoms in total. The third-order valence-corrected chi connectivity index (χ3v) is 2.48. The van der Waals surface area contributed by atoms with Gasteiger partial charge in [-0.3, -0.25) is 0 Å². The number of hydrogen-bond donors (Lipinski definition) is 0. The highest BCUT2D eigenvalue weighted by Crippen LogP contribution is 2.27. The lowest BCUT2D eigenvalue weighted by molar-refractivity contribution is 0.570. The minimum atomic E-state index is -0.0898. The van der Waals surface area contributed by atoms with E-state index in [1.165, 1.54) is 5.56 Å². The zero-order valence-electron chi connectivity index (χ0n) is 9.69. The molecule has 1 heteroatoms. The van der Waals surface area contributed by atoms with Crippen molar-refractivity contribution in [3.05, 3.63) is 35.1 Å². The Hall–Kier alpha value is -0.850. The summed E-state index contributed by atoms with van der Waals surface area (Å²) < 4.78 is 13.4. The molecule has 0 bridgehead atoms. The summed E-state index contributed by atoms with van der Waals surface area (Å²) in [5.41, 5.74) is 2.11. The molecule has 0 N–H and O–H groups in total. The predicted octanol–water partition coefficient (Wildman–Crippen LogP) is 4.25. The number of halogens is 1. The van der Waals surface area contributed by atoms with E-state index in [1.807, 2.05) is 26.0 Å². The average Bonchev–Trinajstić information content (AvgIpc) is 2.02. The third kappa shape index (κ3) is 2.34. The summed E-state index contributed by atoms with van der Waals surface area (Å²) in [5.74, 6) is 0.158. The van der Waals surface area contributed by atoms with Gasteiger partial charge >= 0.3 is 0 Å². The predicted molar refractivity (Wildman–Crippen MR) is 59.2 cm³/mol. The Bertz CT molecular complexity index is 318. The summed E-state index contributed by atoms with van der Waals surface area (Å²) in [5, 5.41) is 0. The molecule has 0 unspecified atom stereocenters. The molecular formula is C13H19F. The highest BCUT2D eigenvalue weighted by molar-refractivity contribution is 5.31. The van der Waals surface area contributed by atoms with Crippen molar-refractivity contribution in [3.8, 4) is 0 Å². The molecule has 1 aromatic carbocycles. The number of hydrogen-bond acceptors (Lipinski definition) is 0. The van der Waals surface area contributed by atoms with Crippen LogP contribution in [0.4, 0.5) is 4.39 Å². The Kier molecular flexibility index (Phi) is 2.98. The zero-order chi connectivity index (χ0) is 10.9. The zero-order valence-corrected chi connectivity index (χ0v) is 9.69. The lowest BCUT2D eigenvalue weighted by Gasteiger charge is -2.21. The summed E-state index contributed by atoms with van der Waals surface area (Å²) in [6.07, 6.45) is 0. The fraction of sp³-hybridized carbons (Fsp3) is 0.538. The van der Waals surface area contributed by atoms with E-state index in [2.05, 4.69) is 20.8 Å². The normalized spacial score (nSPS) is 12.2. The van der Waals surface area contributed by atoms with E-state index in [1.54, 1.807) is 6.07 Å². The van der Waals surface area contributed by atoms with Crippen LogP contribution in [0.3, 0.4) is 0 Å². The smallest absolute Gasteiger partial charge is 0.126 e. The van der Waals surface area contributed by atoms with Crippen molar-refractivity contribution in [1.82, 2.24) is 0 Å². The van der Waals surface area contributed by atoms with Crippen LogP contribution >= 0.6 is 0 Å². The maximum Gasteiger partial charge on any atom is 0.126 e. The van der Waals surface area contributed by atoms with Gasteiger partial charge in [-0.2, -0.15) is 0 Å². The van der Waals surface area contributed by atoms with Crippen molar-refractivity contribution in [2.45, 2.75) is 46.0 Å². The molecule has 0 saturated carbocycles. The van der Waals surface area contributed by atoms with Crippen LogP contribution < -0.4 is 0 Å². The van der Waals surface area contributed by atoms with Gasteiger partial charge in [-0.05, 0) is 28.5 Å². The maximum atomic E-state index is 13.4. The molecule has 0 aromatic heterocycles. The lowest BCUT2D eigenvalue weighted by atomic mass is 9.85. The summed E-state index contributed by atoms with van der Waals surface area (Å²) in [6.45, 7) is 10.5. The van der Waals surface area contributed by atoms with Crippen LogP contribution in [0.15, 0.2) is 18.2 Å². The van der Waals surface area contributed by atoms with Crippen LogP contribution in [0.5, 0.6) is 0 Å². The van der Waals surface area contributed by atoms with Crippen molar-refractivity contribution >= 4 is 0 Å². The van der Waals surface area contributed by atoms with Gasteiger partial charge in [0.15, 0.2) is 0 Å². The fourth-order valence-corrected chi connectivity index (χ4v) is 1.45. The molecule has 0 amide bonds. The monoisotopic (exact) mass is 194 g/mol. The maximum absolute atomic E-state index is 13.4. The van der Waals surface area contributed by atoms with Gasteiger partial charge in [-0.15, -0.1) is 0 Å². The average molecular weight is 194 g/mol. The van der Waals surface area contributed by atoms with E-state index in [0.29, 0.717) is 0 Å². The van der Waals surface area contributed by atoms with E-state index >= 15 is 0 Å². The first kappa shape index (κ1) is 11.2. The van der Waals surface area contributed by atoms with Gasteiger partial charge in [0, 0.05) is 0 Å². The Balaban J connectivity index is 3.20. The molecule has 0 saturated heterocycles. The second kappa shape index (κ2) is 3.72. The first-order valence-corrected chi connectivity index (χ1v) is 5.12. The number of benzene rings is 1. The Morgan fingerprint density at radius 2 is 1.71 bits per heavy atom. The molecule has 14 heavy (non-hydrogen) atoms. The van der Waals surface area contributed by atoms with Crippen LogP contribution in [0, 0.1) is 5.82 Å². The molecule has 0 aliphatic heterocycles. The van der Waals surface area contributed by atoms with Crippen molar-refractivity contribution in [2.75, 3.05) is 0 Å². The molecule has 0 spiro atoms. The minimum Gasteiger partial charge on any atom is -0.207 e. The molecule has 0 heterocycles. The van der Waals surface area contributed by atoms with Crippen molar-refractivity contribution < 1.29 is 4.39 Å². The second-order valence-electron chi connectivity index (χ2n) is 5.14. The third-order valence-electron chi connectivity index (χ3n) is 2.48. The van der Waals surface area contributed by atoms with E-state index in [4.69, 9.17) is 0 Å². The molecule has 0 atom stereocenters.